The average molecular weight is 71.1 g/mol. The molecule has 5 heavy (non-hydrogen) atoms. The molecule has 0 bridgehead atoms. The Labute approximate surface area is 31.9 Å². The van der Waals surface area contributed by atoms with Crippen molar-refractivity contribution in [1.82, 2.24) is 0 Å². The molecule has 1 saturated heterocycles. The Hall–Kier alpha value is -0.0400. The quantitative estimate of drug-likeness (QED) is 0.387. The molecule has 0 aromatic heterocycles. The van der Waals surface area contributed by atoms with Gasteiger partial charge in [-0.1, -0.05) is 0 Å². The van der Waals surface area contributed by atoms with Crippen molar-refractivity contribution in [3.63, 3.8) is 0 Å². The van der Waals surface area contributed by atoms with E-state index in [2.05, 4.69) is 0 Å². The summed E-state index contributed by atoms with van der Waals surface area (Å²) < 4.78 is 4.83. The minimum absolute atomic E-state index is 0.468. The minimum Gasteiger partial charge on any atom is -0.363 e. The van der Waals surface area contributed by atoms with Gasteiger partial charge in [0, 0.05) is 0 Å². The first-order valence-corrected chi connectivity index (χ1v) is 1.81. The van der Waals surface area contributed by atoms with E-state index in [0.717, 1.165) is 0 Å². The SMILES string of the molecule is C[C]1O[C@H]1C. The number of epoxide rings is 1. The van der Waals surface area contributed by atoms with Gasteiger partial charge in [-0.05, 0) is 13.8 Å². The van der Waals surface area contributed by atoms with E-state index in [4.69, 9.17) is 4.74 Å². The molecule has 29 valence electrons. The molecule has 0 N–H and O–H groups in total. The van der Waals surface area contributed by atoms with Crippen LogP contribution in [-0.2, 0) is 4.74 Å². The molecule has 1 radical (unpaired) electrons. The molecule has 0 spiro atoms. The fourth-order valence-corrected chi connectivity index (χ4v) is 0.245. The first-order valence-electron chi connectivity index (χ1n) is 1.81. The molecule has 0 aromatic carbocycles. The van der Waals surface area contributed by atoms with Crippen LogP contribution in [0, 0.1) is 6.10 Å². The monoisotopic (exact) mass is 71.0 g/mol. The van der Waals surface area contributed by atoms with Crippen LogP contribution in [0.2, 0.25) is 0 Å². The lowest BCUT2D eigenvalue weighted by Crippen LogP contribution is -1.65. The summed E-state index contributed by atoms with van der Waals surface area (Å²) in [5.74, 6) is 0. The van der Waals surface area contributed by atoms with Crippen LogP contribution in [0.4, 0.5) is 0 Å². The van der Waals surface area contributed by atoms with Crippen LogP contribution in [0.25, 0.3) is 0 Å². The third-order valence-electron chi connectivity index (χ3n) is 0.878. The van der Waals surface area contributed by atoms with Crippen molar-refractivity contribution in [2.45, 2.75) is 20.0 Å². The highest BCUT2D eigenvalue weighted by Gasteiger charge is 2.29. The van der Waals surface area contributed by atoms with Crippen LogP contribution in [0.5, 0.6) is 0 Å². The Morgan fingerprint density at radius 2 is 2.00 bits per heavy atom. The summed E-state index contributed by atoms with van der Waals surface area (Å²) in [6.45, 7) is 4.03. The lowest BCUT2D eigenvalue weighted by atomic mass is 10.4. The van der Waals surface area contributed by atoms with E-state index in [9.17, 15) is 0 Å². The van der Waals surface area contributed by atoms with Crippen LogP contribution in [0.1, 0.15) is 13.8 Å². The van der Waals surface area contributed by atoms with E-state index in [1.807, 2.05) is 13.8 Å². The molecule has 1 rings (SSSR count). The van der Waals surface area contributed by atoms with E-state index in [1.165, 1.54) is 6.10 Å². The van der Waals surface area contributed by atoms with Crippen molar-refractivity contribution in [3.05, 3.63) is 6.10 Å². The smallest absolute Gasteiger partial charge is 0.123 e. The van der Waals surface area contributed by atoms with Gasteiger partial charge < -0.3 is 4.74 Å². The second-order valence-corrected chi connectivity index (χ2v) is 1.37. The topological polar surface area (TPSA) is 12.5 Å². The van der Waals surface area contributed by atoms with Crippen molar-refractivity contribution >= 4 is 0 Å². The van der Waals surface area contributed by atoms with Crippen molar-refractivity contribution in [1.29, 1.82) is 0 Å². The molecule has 0 saturated carbocycles. The molecule has 0 aliphatic carbocycles. The second-order valence-electron chi connectivity index (χ2n) is 1.37. The van der Waals surface area contributed by atoms with Crippen molar-refractivity contribution < 1.29 is 4.74 Å². The van der Waals surface area contributed by atoms with Gasteiger partial charge in [0.05, 0.1) is 6.10 Å². The summed E-state index contributed by atoms with van der Waals surface area (Å²) in [5, 5.41) is 0. The van der Waals surface area contributed by atoms with E-state index < -0.39 is 0 Å². The Bertz CT molecular complexity index is 36.9. The van der Waals surface area contributed by atoms with E-state index in [0.29, 0.717) is 6.10 Å². The summed E-state index contributed by atoms with van der Waals surface area (Å²) in [6.07, 6.45) is 1.64. The van der Waals surface area contributed by atoms with Crippen molar-refractivity contribution in [2.75, 3.05) is 0 Å². The third kappa shape index (κ3) is 0.428. The maximum Gasteiger partial charge on any atom is 0.123 e. The molecular weight excluding hydrogens is 64.0 g/mol. The van der Waals surface area contributed by atoms with Crippen LogP contribution in [0.15, 0.2) is 0 Å². The van der Waals surface area contributed by atoms with Gasteiger partial charge in [0.15, 0.2) is 0 Å². The van der Waals surface area contributed by atoms with Gasteiger partial charge in [-0.3, -0.25) is 0 Å². The first-order chi connectivity index (χ1) is 2.30. The molecule has 1 heterocycles. The van der Waals surface area contributed by atoms with Crippen LogP contribution >= 0.6 is 0 Å². The molecule has 1 nitrogen and oxygen atoms in total. The number of rotatable bonds is 0. The highest BCUT2D eigenvalue weighted by molar-refractivity contribution is 4.94. The average Bonchev–Trinajstić information content (AvgIpc) is 1.79. The highest BCUT2D eigenvalue weighted by atomic mass is 16.6. The molecule has 0 unspecified atom stereocenters. The van der Waals surface area contributed by atoms with Gasteiger partial charge in [-0.25, -0.2) is 0 Å². The summed E-state index contributed by atoms with van der Waals surface area (Å²) in [5.41, 5.74) is 0. The van der Waals surface area contributed by atoms with Gasteiger partial charge in [0.2, 0.25) is 0 Å². The fraction of sp³-hybridized carbons (Fsp3) is 0.750. The van der Waals surface area contributed by atoms with Crippen molar-refractivity contribution in [2.24, 2.45) is 0 Å². The van der Waals surface area contributed by atoms with Crippen molar-refractivity contribution in [3.8, 4) is 0 Å². The molecule has 1 fully saturated rings. The van der Waals surface area contributed by atoms with Gasteiger partial charge in [-0.15, -0.1) is 0 Å². The molecule has 1 heteroatoms. The summed E-state index contributed by atoms with van der Waals surface area (Å²) in [4.78, 5) is 0. The zero-order valence-electron chi connectivity index (χ0n) is 3.49. The number of hydrogen-bond donors (Lipinski definition) is 0. The van der Waals surface area contributed by atoms with Gasteiger partial charge >= 0.3 is 0 Å². The maximum absolute atomic E-state index is 4.83. The molecule has 0 amide bonds. The number of ether oxygens (including phenoxy) is 1. The Kier molecular flexibility index (Phi) is 0.453. The zero-order valence-corrected chi connectivity index (χ0v) is 3.49. The van der Waals surface area contributed by atoms with Crippen LogP contribution in [-0.4, -0.2) is 6.10 Å². The van der Waals surface area contributed by atoms with Crippen LogP contribution in [0.3, 0.4) is 0 Å². The molecular formula is C4H7O. The Morgan fingerprint density at radius 1 is 1.80 bits per heavy atom. The predicted molar refractivity (Wildman–Crippen MR) is 19.5 cm³/mol. The van der Waals surface area contributed by atoms with E-state index >= 15 is 0 Å². The van der Waals surface area contributed by atoms with Gasteiger partial charge in [0.1, 0.15) is 6.10 Å². The summed E-state index contributed by atoms with van der Waals surface area (Å²) >= 11 is 0. The van der Waals surface area contributed by atoms with E-state index in [1.54, 1.807) is 0 Å². The standard InChI is InChI=1S/C4H7O/c1-3-4(2)5-3/h3H,1-2H3/t3-/m0/s1. The zero-order chi connectivity index (χ0) is 3.86. The van der Waals surface area contributed by atoms with E-state index in [-0.39, 0.29) is 0 Å². The first kappa shape index (κ1) is 3.16. The third-order valence-corrected chi connectivity index (χ3v) is 0.878. The van der Waals surface area contributed by atoms with Gasteiger partial charge in [0.25, 0.3) is 0 Å². The number of hydrogen-bond acceptors (Lipinski definition) is 1. The molecule has 1 aliphatic heterocycles. The Morgan fingerprint density at radius 3 is 2.00 bits per heavy atom. The summed E-state index contributed by atoms with van der Waals surface area (Å²) in [7, 11) is 0. The lowest BCUT2D eigenvalue weighted by Gasteiger charge is -1.55. The molecule has 1 aliphatic rings. The molecule has 1 atom stereocenters. The highest BCUT2D eigenvalue weighted by Crippen LogP contribution is 2.27. The van der Waals surface area contributed by atoms with Crippen LogP contribution < -0.4 is 0 Å². The van der Waals surface area contributed by atoms with Gasteiger partial charge in [-0.2, -0.15) is 0 Å². The molecule has 0 aromatic rings. The minimum atomic E-state index is 0.468. The second kappa shape index (κ2) is 0.716. The summed E-state index contributed by atoms with van der Waals surface area (Å²) in [6, 6.07) is 0. The fourth-order valence-electron chi connectivity index (χ4n) is 0.245. The Balaban J connectivity index is 2.20. The maximum atomic E-state index is 4.83. The largest absolute Gasteiger partial charge is 0.363 e. The lowest BCUT2D eigenvalue weighted by molar-refractivity contribution is 0.424. The predicted octanol–water partition coefficient (Wildman–Crippen LogP) is 0.957. The normalized spacial score (nSPS) is 38.4.